The summed E-state index contributed by atoms with van der Waals surface area (Å²) in [6.45, 7) is -3.37. The molecule has 0 unspecified atom stereocenters. The van der Waals surface area contributed by atoms with E-state index >= 15 is 0 Å². The molecule has 0 saturated carbocycles. The maximum Gasteiger partial charge on any atom is 1.00 e. The van der Waals surface area contributed by atoms with Gasteiger partial charge in [0, 0.05) is 0 Å². The first-order chi connectivity index (χ1) is 5.95. The Balaban J connectivity index is 0.00000169. The van der Waals surface area contributed by atoms with Gasteiger partial charge in [0.25, 0.3) is 0 Å². The van der Waals surface area contributed by atoms with Gasteiger partial charge in [-0.15, -0.1) is 0 Å². The van der Waals surface area contributed by atoms with Gasteiger partial charge in [-0.3, -0.25) is 0 Å². The van der Waals surface area contributed by atoms with Crippen molar-refractivity contribution in [2.45, 2.75) is 6.92 Å². The third-order valence-electron chi connectivity index (χ3n) is 1.74. The van der Waals surface area contributed by atoms with Crippen LogP contribution in [0, 0.1) is 6.92 Å². The first-order valence-electron chi connectivity index (χ1n) is 3.79. The summed E-state index contributed by atoms with van der Waals surface area (Å²) >= 11 is 0. The predicted molar refractivity (Wildman–Crippen MR) is 46.4 cm³/mol. The van der Waals surface area contributed by atoms with Gasteiger partial charge in [-0.1, -0.05) is 23.2 Å². The van der Waals surface area contributed by atoms with Crippen LogP contribution in [0.3, 0.4) is 0 Å². The van der Waals surface area contributed by atoms with E-state index in [2.05, 4.69) is 4.74 Å². The SMILES string of the molecule is COc1ccc(C)cc1[B-](F)(F)F.[K+]. The van der Waals surface area contributed by atoms with Gasteiger partial charge in [-0.05, 0) is 13.0 Å². The molecule has 0 saturated heterocycles. The van der Waals surface area contributed by atoms with Gasteiger partial charge < -0.3 is 17.7 Å². The topological polar surface area (TPSA) is 9.23 Å². The molecule has 0 aliphatic carbocycles. The number of methoxy groups -OCH3 is 1. The van der Waals surface area contributed by atoms with Gasteiger partial charge in [-0.2, -0.15) is 0 Å². The Labute approximate surface area is 123 Å². The van der Waals surface area contributed by atoms with Crippen molar-refractivity contribution in [3.05, 3.63) is 23.8 Å². The fourth-order valence-electron chi connectivity index (χ4n) is 1.11. The molecule has 0 aromatic heterocycles. The molecule has 0 radical (unpaired) electrons. The zero-order chi connectivity index (χ0) is 10.1. The summed E-state index contributed by atoms with van der Waals surface area (Å²) in [5, 5.41) is 0. The van der Waals surface area contributed by atoms with Crippen molar-refractivity contribution in [2.24, 2.45) is 0 Å². The molecule has 0 aliphatic heterocycles. The van der Waals surface area contributed by atoms with Crippen LogP contribution in [0.15, 0.2) is 18.2 Å². The number of rotatable bonds is 2. The molecule has 0 fully saturated rings. The smallest absolute Gasteiger partial charge is 0.500 e. The normalized spacial score (nSPS) is 10.6. The van der Waals surface area contributed by atoms with Gasteiger partial charge in [-0.25, -0.2) is 0 Å². The first kappa shape index (κ1) is 14.5. The van der Waals surface area contributed by atoms with Gasteiger partial charge in [0.05, 0.1) is 12.9 Å². The molecule has 6 heteroatoms. The number of ether oxygens (including phenoxy) is 1. The van der Waals surface area contributed by atoms with E-state index in [0.717, 1.165) is 6.07 Å². The average molecular weight is 228 g/mol. The summed E-state index contributed by atoms with van der Waals surface area (Å²) < 4.78 is 41.8. The van der Waals surface area contributed by atoms with E-state index in [1.807, 2.05) is 0 Å². The van der Waals surface area contributed by atoms with Gasteiger partial charge >= 0.3 is 58.4 Å². The second-order valence-electron chi connectivity index (χ2n) is 2.82. The number of hydrogen-bond acceptors (Lipinski definition) is 1. The fraction of sp³-hybridized carbons (Fsp3) is 0.250. The monoisotopic (exact) mass is 228 g/mol. The summed E-state index contributed by atoms with van der Waals surface area (Å²) in [6.07, 6.45) is 0. The minimum Gasteiger partial charge on any atom is -0.500 e. The van der Waals surface area contributed by atoms with E-state index in [9.17, 15) is 12.9 Å². The molecule has 0 spiro atoms. The van der Waals surface area contributed by atoms with Crippen LogP contribution >= 0.6 is 0 Å². The van der Waals surface area contributed by atoms with Crippen molar-refractivity contribution >= 4 is 12.4 Å². The third-order valence-corrected chi connectivity index (χ3v) is 1.74. The Morgan fingerprint density at radius 2 is 1.79 bits per heavy atom. The number of aryl methyl sites for hydroxylation is 1. The number of benzene rings is 1. The Kier molecular flexibility index (Phi) is 5.76. The molecular weight excluding hydrogens is 219 g/mol. The predicted octanol–water partition coefficient (Wildman–Crippen LogP) is -0.938. The number of halogens is 3. The molecule has 0 amide bonds. The van der Waals surface area contributed by atoms with Gasteiger partial charge in [0.15, 0.2) is 0 Å². The van der Waals surface area contributed by atoms with E-state index < -0.39 is 12.4 Å². The molecule has 0 bridgehead atoms. The molecule has 1 aromatic rings. The van der Waals surface area contributed by atoms with E-state index in [4.69, 9.17) is 0 Å². The van der Waals surface area contributed by atoms with E-state index in [1.165, 1.54) is 13.2 Å². The molecule has 0 N–H and O–H groups in total. The molecule has 14 heavy (non-hydrogen) atoms. The molecule has 1 nitrogen and oxygen atoms in total. The van der Waals surface area contributed by atoms with Crippen LogP contribution < -0.4 is 61.6 Å². The molecule has 1 aromatic carbocycles. The van der Waals surface area contributed by atoms with Crippen molar-refractivity contribution < 1.29 is 69.1 Å². The van der Waals surface area contributed by atoms with Gasteiger partial charge in [0.1, 0.15) is 0 Å². The summed E-state index contributed by atoms with van der Waals surface area (Å²) in [5.41, 5.74) is -0.0856. The average Bonchev–Trinajstić information content (AvgIpc) is 2.03. The van der Waals surface area contributed by atoms with E-state index in [-0.39, 0.29) is 57.1 Å². The summed E-state index contributed by atoms with van der Waals surface area (Å²) in [5.74, 6) is -0.113. The second kappa shape index (κ2) is 5.56. The molecule has 0 atom stereocenters. The van der Waals surface area contributed by atoms with Crippen LogP contribution in [0.4, 0.5) is 12.9 Å². The second-order valence-corrected chi connectivity index (χ2v) is 2.82. The van der Waals surface area contributed by atoms with Crippen LogP contribution in [-0.2, 0) is 0 Å². The molecular formula is C8H9BF3KO. The summed E-state index contributed by atoms with van der Waals surface area (Å²) in [4.78, 5) is 0. The zero-order valence-corrected chi connectivity index (χ0v) is 11.5. The fourth-order valence-corrected chi connectivity index (χ4v) is 1.11. The zero-order valence-electron chi connectivity index (χ0n) is 8.35. The van der Waals surface area contributed by atoms with Crippen LogP contribution in [0.25, 0.3) is 0 Å². The number of hydrogen-bond donors (Lipinski definition) is 0. The minimum absolute atomic E-state index is 0. The third kappa shape index (κ3) is 3.58. The van der Waals surface area contributed by atoms with Crippen molar-refractivity contribution in [1.82, 2.24) is 0 Å². The van der Waals surface area contributed by atoms with Crippen LogP contribution in [0.1, 0.15) is 5.56 Å². The van der Waals surface area contributed by atoms with Crippen LogP contribution in [0.2, 0.25) is 0 Å². The van der Waals surface area contributed by atoms with Crippen molar-refractivity contribution in [3.63, 3.8) is 0 Å². The Morgan fingerprint density at radius 3 is 2.21 bits per heavy atom. The Bertz CT molecular complexity index is 314. The Morgan fingerprint density at radius 1 is 1.21 bits per heavy atom. The molecule has 1 rings (SSSR count). The minimum atomic E-state index is -4.98. The van der Waals surface area contributed by atoms with Crippen molar-refractivity contribution in [2.75, 3.05) is 7.11 Å². The first-order valence-corrected chi connectivity index (χ1v) is 3.79. The van der Waals surface area contributed by atoms with Gasteiger partial charge in [0.2, 0.25) is 0 Å². The van der Waals surface area contributed by atoms with E-state index in [1.54, 1.807) is 13.0 Å². The maximum absolute atomic E-state index is 12.4. The largest absolute Gasteiger partial charge is 1.00 e. The molecule has 0 heterocycles. The molecule has 72 valence electrons. The quantitative estimate of drug-likeness (QED) is 0.594. The van der Waals surface area contributed by atoms with Crippen molar-refractivity contribution in [1.29, 1.82) is 0 Å². The van der Waals surface area contributed by atoms with E-state index in [0.29, 0.717) is 5.56 Å². The standard InChI is InChI=1S/C8H9BF3O.K/c1-6-3-4-8(13-2)7(5-6)9(10,11)12;/h3-5H,1-2H3;/q-1;+1. The Hall–Kier alpha value is 0.511. The van der Waals surface area contributed by atoms with Crippen LogP contribution in [-0.4, -0.2) is 14.1 Å². The molecule has 0 aliphatic rings. The maximum atomic E-state index is 12.4. The summed E-state index contributed by atoms with van der Waals surface area (Å²) in [7, 11) is 1.23. The summed E-state index contributed by atoms with van der Waals surface area (Å²) in [6, 6.07) is 4.02. The van der Waals surface area contributed by atoms with Crippen LogP contribution in [0.5, 0.6) is 5.75 Å². The van der Waals surface area contributed by atoms with Crippen molar-refractivity contribution in [3.8, 4) is 5.75 Å².